The van der Waals surface area contributed by atoms with Gasteiger partial charge in [0.2, 0.25) is 0 Å². The summed E-state index contributed by atoms with van der Waals surface area (Å²) in [6.45, 7) is 11.4. The Kier molecular flexibility index (Phi) is 17.0. The van der Waals surface area contributed by atoms with Gasteiger partial charge in [0, 0.05) is 6.61 Å². The Labute approximate surface area is 194 Å². The van der Waals surface area contributed by atoms with Crippen LogP contribution >= 0.6 is 0 Å². The fraction of sp³-hybridized carbons (Fsp3) is 0.793. The Morgan fingerprint density at radius 3 is 1.74 bits per heavy atom. The van der Waals surface area contributed by atoms with Crippen LogP contribution in [-0.2, 0) is 16.1 Å². The lowest BCUT2D eigenvalue weighted by Crippen LogP contribution is -2.26. The molecule has 0 aromatic heterocycles. The summed E-state index contributed by atoms with van der Waals surface area (Å²) >= 11 is 0. The molecule has 1 aromatic rings. The second-order valence-corrected chi connectivity index (χ2v) is 10.5. The molecule has 180 valence electrons. The summed E-state index contributed by atoms with van der Waals surface area (Å²) in [5, 5.41) is 0. The molecule has 0 radical (unpaired) electrons. The van der Waals surface area contributed by atoms with E-state index in [1.807, 2.05) is 0 Å². The lowest BCUT2D eigenvalue weighted by atomic mass is 9.89. The van der Waals surface area contributed by atoms with E-state index in [-0.39, 0.29) is 11.5 Å². The number of hydrogen-bond acceptors (Lipinski definition) is 2. The van der Waals surface area contributed by atoms with E-state index >= 15 is 0 Å². The molecule has 31 heavy (non-hydrogen) atoms. The minimum Gasteiger partial charge on any atom is -0.379 e. The number of ether oxygens (including phenoxy) is 2. The summed E-state index contributed by atoms with van der Waals surface area (Å²) < 4.78 is 12.2. The molecule has 0 bridgehead atoms. The van der Waals surface area contributed by atoms with Gasteiger partial charge in [0.05, 0.1) is 19.3 Å². The van der Waals surface area contributed by atoms with Crippen molar-refractivity contribution in [3.8, 4) is 0 Å². The van der Waals surface area contributed by atoms with E-state index in [9.17, 15) is 0 Å². The van der Waals surface area contributed by atoms with Crippen LogP contribution in [0.5, 0.6) is 0 Å². The molecule has 1 aromatic carbocycles. The Bertz CT molecular complexity index is 491. The third kappa shape index (κ3) is 18.4. The molecule has 1 unspecified atom stereocenters. The van der Waals surface area contributed by atoms with Crippen LogP contribution < -0.4 is 0 Å². The smallest absolute Gasteiger partial charge is 0.0818 e. The summed E-state index contributed by atoms with van der Waals surface area (Å²) in [5.74, 6) is 0. The van der Waals surface area contributed by atoms with Crippen molar-refractivity contribution in [2.24, 2.45) is 5.41 Å². The van der Waals surface area contributed by atoms with E-state index < -0.39 is 0 Å². The van der Waals surface area contributed by atoms with Crippen molar-refractivity contribution in [1.29, 1.82) is 0 Å². The van der Waals surface area contributed by atoms with Gasteiger partial charge in [0.25, 0.3) is 0 Å². The Balaban J connectivity index is 2.00. The van der Waals surface area contributed by atoms with Crippen LogP contribution in [0.4, 0.5) is 0 Å². The molecule has 0 saturated carbocycles. The molecule has 0 saturated heterocycles. The van der Waals surface area contributed by atoms with Crippen molar-refractivity contribution in [2.45, 2.75) is 130 Å². The molecule has 2 nitrogen and oxygen atoms in total. The zero-order chi connectivity index (χ0) is 22.6. The van der Waals surface area contributed by atoms with Gasteiger partial charge in [-0.05, 0) is 23.8 Å². The Morgan fingerprint density at radius 1 is 0.710 bits per heavy atom. The normalized spacial score (nSPS) is 12.9. The quantitative estimate of drug-likeness (QED) is 0.191. The molecule has 0 N–H and O–H groups in total. The first kappa shape index (κ1) is 28.2. The zero-order valence-electron chi connectivity index (χ0n) is 21.3. The van der Waals surface area contributed by atoms with E-state index in [2.05, 4.69) is 58.0 Å². The summed E-state index contributed by atoms with van der Waals surface area (Å²) in [7, 11) is 0. The third-order valence-electron chi connectivity index (χ3n) is 5.86. The monoisotopic (exact) mass is 432 g/mol. The molecule has 0 fully saturated rings. The minimum atomic E-state index is 0.169. The average molecular weight is 433 g/mol. The summed E-state index contributed by atoms with van der Waals surface area (Å²) in [5.41, 5.74) is 1.48. The molecule has 0 aliphatic carbocycles. The predicted octanol–water partition coefficient (Wildman–Crippen LogP) is 9.12. The number of hydrogen-bond donors (Lipinski definition) is 0. The molecular weight excluding hydrogens is 380 g/mol. The van der Waals surface area contributed by atoms with E-state index in [0.717, 1.165) is 13.0 Å². The van der Waals surface area contributed by atoms with Crippen molar-refractivity contribution in [2.75, 3.05) is 13.2 Å². The van der Waals surface area contributed by atoms with Crippen LogP contribution in [0.1, 0.15) is 123 Å². The highest BCUT2D eigenvalue weighted by atomic mass is 16.5. The van der Waals surface area contributed by atoms with Gasteiger partial charge in [0.15, 0.2) is 0 Å². The predicted molar refractivity (Wildman–Crippen MR) is 136 cm³/mol. The topological polar surface area (TPSA) is 18.5 Å². The second kappa shape index (κ2) is 18.7. The van der Waals surface area contributed by atoms with Gasteiger partial charge >= 0.3 is 0 Å². The van der Waals surface area contributed by atoms with Gasteiger partial charge in [-0.15, -0.1) is 0 Å². The maximum absolute atomic E-state index is 6.20. The van der Waals surface area contributed by atoms with Gasteiger partial charge in [0.1, 0.15) is 0 Å². The van der Waals surface area contributed by atoms with E-state index in [0.29, 0.717) is 13.2 Å². The van der Waals surface area contributed by atoms with Crippen molar-refractivity contribution < 1.29 is 9.47 Å². The minimum absolute atomic E-state index is 0.169. The molecule has 0 heterocycles. The van der Waals surface area contributed by atoms with E-state index in [1.54, 1.807) is 0 Å². The molecule has 0 aliphatic heterocycles. The lowest BCUT2D eigenvalue weighted by molar-refractivity contribution is -0.0430. The molecule has 1 atom stereocenters. The van der Waals surface area contributed by atoms with Crippen LogP contribution in [0.25, 0.3) is 0 Å². The van der Waals surface area contributed by atoms with Gasteiger partial charge in [-0.1, -0.05) is 135 Å². The fourth-order valence-electron chi connectivity index (χ4n) is 4.07. The summed E-state index contributed by atoms with van der Waals surface area (Å²) in [6.07, 6.45) is 19.2. The molecule has 0 amide bonds. The third-order valence-corrected chi connectivity index (χ3v) is 5.86. The maximum atomic E-state index is 6.20. The number of unbranched alkanes of at least 4 members (excludes halogenated alkanes) is 12. The fourth-order valence-corrected chi connectivity index (χ4v) is 4.07. The zero-order valence-corrected chi connectivity index (χ0v) is 21.3. The van der Waals surface area contributed by atoms with Gasteiger partial charge in [-0.2, -0.15) is 0 Å². The first-order valence-electron chi connectivity index (χ1n) is 13.2. The van der Waals surface area contributed by atoms with Gasteiger partial charge in [-0.3, -0.25) is 0 Å². The highest BCUT2D eigenvalue weighted by Crippen LogP contribution is 2.23. The summed E-state index contributed by atoms with van der Waals surface area (Å²) in [4.78, 5) is 0. The Hall–Kier alpha value is -0.860. The largest absolute Gasteiger partial charge is 0.379 e. The van der Waals surface area contributed by atoms with Crippen LogP contribution in [0.2, 0.25) is 0 Å². The van der Waals surface area contributed by atoms with E-state index in [1.165, 1.54) is 89.0 Å². The van der Waals surface area contributed by atoms with Crippen molar-refractivity contribution in [3.63, 3.8) is 0 Å². The summed E-state index contributed by atoms with van der Waals surface area (Å²) in [6, 6.07) is 10.4. The first-order valence-corrected chi connectivity index (χ1v) is 13.2. The van der Waals surface area contributed by atoms with Crippen LogP contribution in [0.15, 0.2) is 30.3 Å². The van der Waals surface area contributed by atoms with Gasteiger partial charge < -0.3 is 9.47 Å². The first-order chi connectivity index (χ1) is 15.0. The van der Waals surface area contributed by atoms with Crippen LogP contribution in [-0.4, -0.2) is 19.3 Å². The number of rotatable bonds is 20. The average Bonchev–Trinajstić information content (AvgIpc) is 2.74. The molecule has 1 rings (SSSR count). The SMILES string of the molecule is CCCCCCCCCCCCCCCOCC(CC(C)(C)C)OCc1ccccc1. The number of benzene rings is 1. The van der Waals surface area contributed by atoms with Gasteiger partial charge in [-0.25, -0.2) is 0 Å². The highest BCUT2D eigenvalue weighted by molar-refractivity contribution is 5.13. The van der Waals surface area contributed by atoms with Crippen molar-refractivity contribution in [3.05, 3.63) is 35.9 Å². The second-order valence-electron chi connectivity index (χ2n) is 10.5. The van der Waals surface area contributed by atoms with Crippen LogP contribution in [0, 0.1) is 5.41 Å². The molecule has 0 aliphatic rings. The standard InChI is InChI=1S/C29H52O2/c1-5-6-7-8-9-10-11-12-13-14-15-16-20-23-30-26-28(24-29(2,3)4)31-25-27-21-18-17-19-22-27/h17-19,21-22,28H,5-16,20,23-26H2,1-4H3. The van der Waals surface area contributed by atoms with Crippen molar-refractivity contribution >= 4 is 0 Å². The van der Waals surface area contributed by atoms with E-state index in [4.69, 9.17) is 9.47 Å². The molecule has 0 spiro atoms. The molecule has 2 heteroatoms. The maximum Gasteiger partial charge on any atom is 0.0818 e. The Morgan fingerprint density at radius 2 is 1.23 bits per heavy atom. The lowest BCUT2D eigenvalue weighted by Gasteiger charge is -2.26. The molecular formula is C29H52O2. The van der Waals surface area contributed by atoms with Crippen LogP contribution in [0.3, 0.4) is 0 Å². The highest BCUT2D eigenvalue weighted by Gasteiger charge is 2.19. The van der Waals surface area contributed by atoms with Crippen molar-refractivity contribution in [1.82, 2.24) is 0 Å².